The fourth-order valence-electron chi connectivity index (χ4n) is 5.31. The highest BCUT2D eigenvalue weighted by Gasteiger charge is 2.33. The molecule has 0 unspecified atom stereocenters. The highest BCUT2D eigenvalue weighted by atomic mass is 35.5. The lowest BCUT2D eigenvalue weighted by Crippen LogP contribution is -2.33. The highest BCUT2D eigenvalue weighted by Crippen LogP contribution is 2.41. The standard InChI is InChI=1S/C36H31Cl3N2O5/c1-36(2,32-29(37)13-8-14-30(32)38)33-25(22-46-40-33)21-45-27-15-16-28(31(39)20-27)34(42)41(18-17-23-9-5-4-6-10-23)26-12-7-11-24(19-26)35(43)44-3/h4-16,19-20,22H,17-18,21H2,1-3H3. The van der Waals surface area contributed by atoms with Gasteiger partial charge in [0.2, 0.25) is 0 Å². The first-order valence-electron chi connectivity index (χ1n) is 14.4. The van der Waals surface area contributed by atoms with Gasteiger partial charge in [0.15, 0.2) is 0 Å². The van der Waals surface area contributed by atoms with Gasteiger partial charge in [0, 0.05) is 33.3 Å². The van der Waals surface area contributed by atoms with Gasteiger partial charge in [0.1, 0.15) is 24.3 Å². The van der Waals surface area contributed by atoms with Crippen LogP contribution < -0.4 is 9.64 Å². The van der Waals surface area contributed by atoms with Crippen molar-refractivity contribution in [2.24, 2.45) is 0 Å². The van der Waals surface area contributed by atoms with Crippen LogP contribution in [0.15, 0.2) is 102 Å². The lowest BCUT2D eigenvalue weighted by Gasteiger charge is -2.26. The Morgan fingerprint density at radius 3 is 2.28 bits per heavy atom. The number of anilines is 1. The normalized spacial score (nSPS) is 11.3. The van der Waals surface area contributed by atoms with E-state index in [1.54, 1.807) is 65.6 Å². The number of benzene rings is 4. The van der Waals surface area contributed by atoms with Crippen LogP contribution in [0.1, 0.15) is 56.9 Å². The third-order valence-electron chi connectivity index (χ3n) is 7.68. The number of carbonyl (C=O) groups is 2. The van der Waals surface area contributed by atoms with Gasteiger partial charge in [-0.15, -0.1) is 0 Å². The summed E-state index contributed by atoms with van der Waals surface area (Å²) in [5.74, 6) is -0.369. The van der Waals surface area contributed by atoms with E-state index in [9.17, 15) is 9.59 Å². The highest BCUT2D eigenvalue weighted by molar-refractivity contribution is 6.36. The fraction of sp³-hybridized carbons (Fsp3) is 0.194. The Kier molecular flexibility index (Phi) is 10.4. The topological polar surface area (TPSA) is 81.9 Å². The number of aromatic nitrogens is 1. The summed E-state index contributed by atoms with van der Waals surface area (Å²) in [5, 5.41) is 5.50. The van der Waals surface area contributed by atoms with E-state index in [2.05, 4.69) is 5.16 Å². The van der Waals surface area contributed by atoms with Crippen LogP contribution in [-0.4, -0.2) is 30.7 Å². The van der Waals surface area contributed by atoms with Crippen molar-refractivity contribution < 1.29 is 23.6 Å². The Balaban J connectivity index is 1.37. The molecule has 0 saturated heterocycles. The lowest BCUT2D eigenvalue weighted by molar-refractivity contribution is 0.0600. The van der Waals surface area contributed by atoms with Crippen LogP contribution in [0.5, 0.6) is 5.75 Å². The number of nitrogens with zero attached hydrogens (tertiary/aromatic N) is 2. The number of methoxy groups -OCH3 is 1. The molecule has 4 aromatic carbocycles. The molecule has 0 aliphatic carbocycles. The predicted octanol–water partition coefficient (Wildman–Crippen LogP) is 9.22. The molecule has 0 saturated carbocycles. The van der Waals surface area contributed by atoms with E-state index in [0.29, 0.717) is 51.3 Å². The third kappa shape index (κ3) is 7.23. The average Bonchev–Trinajstić information content (AvgIpc) is 3.54. The molecule has 7 nitrogen and oxygen atoms in total. The summed E-state index contributed by atoms with van der Waals surface area (Å²) >= 11 is 19.7. The van der Waals surface area contributed by atoms with E-state index in [4.69, 9.17) is 48.8 Å². The molecule has 5 rings (SSSR count). The second kappa shape index (κ2) is 14.4. The van der Waals surface area contributed by atoms with Crippen LogP contribution in [0.3, 0.4) is 0 Å². The number of halogens is 3. The van der Waals surface area contributed by atoms with E-state index in [1.807, 2.05) is 44.2 Å². The number of carbonyl (C=O) groups excluding carboxylic acids is 2. The molecular weight excluding hydrogens is 647 g/mol. The number of hydrogen-bond donors (Lipinski definition) is 0. The molecule has 10 heteroatoms. The van der Waals surface area contributed by atoms with Crippen LogP contribution >= 0.6 is 34.8 Å². The number of hydrogen-bond acceptors (Lipinski definition) is 6. The second-order valence-electron chi connectivity index (χ2n) is 11.1. The minimum Gasteiger partial charge on any atom is -0.489 e. The molecule has 1 aromatic heterocycles. The van der Waals surface area contributed by atoms with Crippen molar-refractivity contribution >= 4 is 52.4 Å². The molecule has 0 atom stereocenters. The first-order valence-corrected chi connectivity index (χ1v) is 15.6. The van der Waals surface area contributed by atoms with Crippen molar-refractivity contribution in [3.05, 3.63) is 146 Å². The molecular formula is C36H31Cl3N2O5. The average molecular weight is 678 g/mol. The molecule has 0 aliphatic rings. The van der Waals surface area contributed by atoms with Crippen LogP contribution in [0.25, 0.3) is 0 Å². The Labute approximate surface area is 282 Å². The summed E-state index contributed by atoms with van der Waals surface area (Å²) in [6.07, 6.45) is 2.11. The zero-order valence-electron chi connectivity index (χ0n) is 25.4. The Hall–Kier alpha value is -4.30. The zero-order valence-corrected chi connectivity index (χ0v) is 27.7. The maximum Gasteiger partial charge on any atom is 0.337 e. The molecule has 1 amide bonds. The minimum atomic E-state index is -0.677. The van der Waals surface area contributed by atoms with Crippen LogP contribution in [0, 0.1) is 0 Å². The van der Waals surface area contributed by atoms with Crippen LogP contribution in [0.4, 0.5) is 5.69 Å². The molecule has 0 spiro atoms. The zero-order chi connectivity index (χ0) is 32.8. The molecule has 0 N–H and O–H groups in total. The largest absolute Gasteiger partial charge is 0.489 e. The fourth-order valence-corrected chi connectivity index (χ4v) is 6.43. The van der Waals surface area contributed by atoms with Gasteiger partial charge in [-0.3, -0.25) is 4.79 Å². The van der Waals surface area contributed by atoms with E-state index < -0.39 is 11.4 Å². The summed E-state index contributed by atoms with van der Waals surface area (Å²) in [7, 11) is 1.32. The molecule has 5 aromatic rings. The summed E-state index contributed by atoms with van der Waals surface area (Å²) in [6, 6.07) is 26.8. The SMILES string of the molecule is COC(=O)c1cccc(N(CCc2ccccc2)C(=O)c2ccc(OCc3conc3C(C)(C)c3c(Cl)cccc3Cl)cc2Cl)c1. The van der Waals surface area contributed by atoms with Gasteiger partial charge in [-0.25, -0.2) is 4.79 Å². The Morgan fingerprint density at radius 1 is 0.870 bits per heavy atom. The lowest BCUT2D eigenvalue weighted by atomic mass is 9.80. The van der Waals surface area contributed by atoms with E-state index >= 15 is 0 Å². The van der Waals surface area contributed by atoms with Crippen LogP contribution in [-0.2, 0) is 23.2 Å². The van der Waals surface area contributed by atoms with Gasteiger partial charge in [0.05, 0.1) is 28.8 Å². The molecule has 0 fully saturated rings. The molecule has 236 valence electrons. The monoisotopic (exact) mass is 676 g/mol. The van der Waals surface area contributed by atoms with Gasteiger partial charge in [-0.05, 0) is 74.4 Å². The van der Waals surface area contributed by atoms with Crippen LogP contribution in [0.2, 0.25) is 15.1 Å². The molecule has 0 radical (unpaired) electrons. The second-order valence-corrected chi connectivity index (χ2v) is 12.3. The van der Waals surface area contributed by atoms with E-state index in [0.717, 1.165) is 11.1 Å². The third-order valence-corrected chi connectivity index (χ3v) is 8.62. The summed E-state index contributed by atoms with van der Waals surface area (Å²) < 4.78 is 16.3. The number of ether oxygens (including phenoxy) is 2. The maximum absolute atomic E-state index is 14.0. The van der Waals surface area contributed by atoms with Crippen molar-refractivity contribution in [1.29, 1.82) is 0 Å². The summed E-state index contributed by atoms with van der Waals surface area (Å²) in [4.78, 5) is 27.8. The quantitative estimate of drug-likeness (QED) is 0.130. The Bertz CT molecular complexity index is 1840. The van der Waals surface area contributed by atoms with Crippen molar-refractivity contribution in [3.63, 3.8) is 0 Å². The first-order chi connectivity index (χ1) is 22.1. The number of esters is 1. The summed E-state index contributed by atoms with van der Waals surface area (Å²) in [5.41, 5.74) is 3.61. The number of amides is 1. The first kappa shape index (κ1) is 33.1. The van der Waals surface area contributed by atoms with Crippen molar-refractivity contribution in [2.75, 3.05) is 18.6 Å². The number of rotatable bonds is 11. The molecule has 0 aliphatic heterocycles. The molecule has 46 heavy (non-hydrogen) atoms. The van der Waals surface area contributed by atoms with Gasteiger partial charge < -0.3 is 18.9 Å². The summed E-state index contributed by atoms with van der Waals surface area (Å²) in [6.45, 7) is 4.40. The maximum atomic E-state index is 14.0. The van der Waals surface area contributed by atoms with Crippen molar-refractivity contribution in [2.45, 2.75) is 32.3 Å². The molecule has 0 bridgehead atoms. The van der Waals surface area contributed by atoms with Gasteiger partial charge >= 0.3 is 5.97 Å². The van der Waals surface area contributed by atoms with Crippen molar-refractivity contribution in [1.82, 2.24) is 5.16 Å². The van der Waals surface area contributed by atoms with Gasteiger partial charge in [0.25, 0.3) is 5.91 Å². The molecule has 1 heterocycles. The predicted molar refractivity (Wildman–Crippen MR) is 180 cm³/mol. The van der Waals surface area contributed by atoms with E-state index in [1.165, 1.54) is 13.4 Å². The Morgan fingerprint density at radius 2 is 1.59 bits per heavy atom. The van der Waals surface area contributed by atoms with E-state index in [-0.39, 0.29) is 23.1 Å². The smallest absolute Gasteiger partial charge is 0.337 e. The van der Waals surface area contributed by atoms with Crippen molar-refractivity contribution in [3.8, 4) is 5.75 Å². The van der Waals surface area contributed by atoms with Gasteiger partial charge in [-0.2, -0.15) is 0 Å². The minimum absolute atomic E-state index is 0.122. The van der Waals surface area contributed by atoms with Gasteiger partial charge in [-0.1, -0.05) is 82.4 Å².